The first kappa shape index (κ1) is 38.0. The summed E-state index contributed by atoms with van der Waals surface area (Å²) in [6, 6.07) is 10.8. The highest BCUT2D eigenvalue weighted by Crippen LogP contribution is 2.53. The summed E-state index contributed by atoms with van der Waals surface area (Å²) in [6.45, 7) is 28.6. The zero-order valence-electron chi connectivity index (χ0n) is 30.0. The molecule has 1 saturated heterocycles. The number of carbonyl (C=O) groups is 1. The van der Waals surface area contributed by atoms with Gasteiger partial charge in [-0.3, -0.25) is 4.90 Å². The lowest BCUT2D eigenvalue weighted by atomic mass is 9.76. The number of amides is 1. The molecule has 0 N–H and O–H groups in total. The van der Waals surface area contributed by atoms with Crippen molar-refractivity contribution in [3.63, 3.8) is 0 Å². The minimum atomic E-state index is -1.37. The van der Waals surface area contributed by atoms with E-state index in [1.165, 1.54) is 17.3 Å². The second kappa shape index (κ2) is 14.4. The Kier molecular flexibility index (Phi) is 12.1. The molecule has 0 aromatic heterocycles. The van der Waals surface area contributed by atoms with Crippen molar-refractivity contribution in [1.82, 2.24) is 4.90 Å². The summed E-state index contributed by atoms with van der Waals surface area (Å²) in [5.41, 5.74) is 1.17. The number of hydrogen-bond acceptors (Lipinski definition) is 7. The van der Waals surface area contributed by atoms with E-state index in [1.807, 2.05) is 31.9 Å². The maximum Gasteiger partial charge on any atom is 0.412 e. The summed E-state index contributed by atoms with van der Waals surface area (Å²) in [4.78, 5) is 16.1. The SMILES string of the molecule is CSC(=S)OC(c1c(CO[Si](C)C)cc(C(C)(C)C)c2ccccc12)[C@@]1(O[Si](C)C)C[C@H](C(C)(C)C)CN1C(=O)OC(C)(C)C. The fourth-order valence-electron chi connectivity index (χ4n) is 6.03. The van der Waals surface area contributed by atoms with E-state index in [2.05, 4.69) is 98.1 Å². The second-order valence-corrected chi connectivity index (χ2v) is 21.2. The standard InChI is InChI=1S/C35H55NO5S2Si2/c1-32(2,3)24-20-35(41-45(13)14,36(21-24)30(37)40-34(7,8)9)29(39-31(42)43-10)28-23(22-38-44(11)12)19-27(33(4,5)6)25-17-15-16-18-26(25)28/h15-19,24,29H,20-22H2,1-14H3/t24-,29?,35-/m0/s1. The normalized spacial score (nSPS) is 20.3. The van der Waals surface area contributed by atoms with Crippen LogP contribution in [0.1, 0.15) is 91.5 Å². The lowest BCUT2D eigenvalue weighted by Gasteiger charge is -2.46. The lowest BCUT2D eigenvalue weighted by Crippen LogP contribution is -2.57. The van der Waals surface area contributed by atoms with Crippen LogP contribution < -0.4 is 0 Å². The highest BCUT2D eigenvalue weighted by atomic mass is 32.2. The number of hydrogen-bond donors (Lipinski definition) is 0. The molecule has 1 amide bonds. The molecule has 45 heavy (non-hydrogen) atoms. The number of fused-ring (bicyclic) bond motifs is 1. The maximum absolute atomic E-state index is 14.3. The first-order valence-corrected chi connectivity index (χ1v) is 22.3. The van der Waals surface area contributed by atoms with Crippen LogP contribution in [0.2, 0.25) is 26.2 Å². The quantitative estimate of drug-likeness (QED) is 0.202. The fourth-order valence-corrected chi connectivity index (χ4v) is 7.77. The van der Waals surface area contributed by atoms with E-state index >= 15 is 0 Å². The van der Waals surface area contributed by atoms with Crippen molar-refractivity contribution in [2.45, 2.75) is 124 Å². The Morgan fingerprint density at radius 2 is 1.62 bits per heavy atom. The van der Waals surface area contributed by atoms with Crippen LogP contribution >= 0.6 is 24.0 Å². The largest absolute Gasteiger partial charge is 0.465 e. The van der Waals surface area contributed by atoms with Crippen LogP contribution in [0.25, 0.3) is 10.8 Å². The molecule has 0 aliphatic carbocycles. The molecule has 2 radical (unpaired) electrons. The van der Waals surface area contributed by atoms with E-state index < -0.39 is 41.6 Å². The van der Waals surface area contributed by atoms with Gasteiger partial charge in [0.05, 0.1) is 6.61 Å². The molecular weight excluding hydrogens is 635 g/mol. The predicted molar refractivity (Wildman–Crippen MR) is 197 cm³/mol. The number of carbonyl (C=O) groups excluding carboxylic acids is 1. The summed E-state index contributed by atoms with van der Waals surface area (Å²) in [5, 5.41) is 2.21. The summed E-state index contributed by atoms with van der Waals surface area (Å²) in [7, 11) is -2.38. The molecule has 3 atom stereocenters. The van der Waals surface area contributed by atoms with E-state index in [0.717, 1.165) is 21.9 Å². The van der Waals surface area contributed by atoms with Gasteiger partial charge in [-0.25, -0.2) is 4.79 Å². The fraction of sp³-hybridized carbons (Fsp3) is 0.657. The molecule has 1 unspecified atom stereocenters. The van der Waals surface area contributed by atoms with Crippen LogP contribution in [0.5, 0.6) is 0 Å². The van der Waals surface area contributed by atoms with Gasteiger partial charge in [-0.15, -0.1) is 0 Å². The third kappa shape index (κ3) is 9.13. The van der Waals surface area contributed by atoms with Gasteiger partial charge in [0.2, 0.25) is 22.5 Å². The second-order valence-electron chi connectivity index (χ2n) is 15.7. The van der Waals surface area contributed by atoms with Crippen molar-refractivity contribution < 1.29 is 23.1 Å². The molecule has 1 aliphatic heterocycles. The van der Waals surface area contributed by atoms with E-state index in [1.54, 1.807) is 0 Å². The van der Waals surface area contributed by atoms with Crippen LogP contribution in [-0.4, -0.2) is 57.6 Å². The Hall–Kier alpha value is -1.44. The van der Waals surface area contributed by atoms with E-state index in [9.17, 15) is 4.79 Å². The van der Waals surface area contributed by atoms with Crippen molar-refractivity contribution in [2.24, 2.45) is 11.3 Å². The van der Waals surface area contributed by atoms with E-state index in [4.69, 9.17) is 30.5 Å². The van der Waals surface area contributed by atoms with Crippen LogP contribution in [-0.2, 0) is 30.3 Å². The molecule has 250 valence electrons. The molecular formula is C35H55NO5S2Si2. The third-order valence-electron chi connectivity index (χ3n) is 8.17. The summed E-state index contributed by atoms with van der Waals surface area (Å²) in [6.07, 6.45) is 1.38. The number of rotatable bonds is 8. The molecule has 3 rings (SSSR count). The highest BCUT2D eigenvalue weighted by Gasteiger charge is 2.59. The number of nitrogens with zero attached hydrogens (tertiary/aromatic N) is 1. The van der Waals surface area contributed by atoms with Gasteiger partial charge in [-0.1, -0.05) is 83.6 Å². The summed E-state index contributed by atoms with van der Waals surface area (Å²) in [5.74, 6) is 0.126. The van der Waals surface area contributed by atoms with Crippen molar-refractivity contribution in [3.8, 4) is 0 Å². The number of thioether (sulfide) groups is 1. The Morgan fingerprint density at radius 3 is 2.11 bits per heavy atom. The van der Waals surface area contributed by atoms with E-state index in [-0.39, 0.29) is 16.7 Å². The van der Waals surface area contributed by atoms with Gasteiger partial charge in [0.15, 0.2) is 11.8 Å². The van der Waals surface area contributed by atoms with Gasteiger partial charge >= 0.3 is 6.09 Å². The van der Waals surface area contributed by atoms with Crippen LogP contribution in [0, 0.1) is 11.3 Å². The molecule has 0 spiro atoms. The number of likely N-dealkylation sites (tertiary alicyclic amines) is 1. The lowest BCUT2D eigenvalue weighted by molar-refractivity contribution is -0.133. The van der Waals surface area contributed by atoms with Crippen LogP contribution in [0.3, 0.4) is 0 Å². The number of benzene rings is 2. The van der Waals surface area contributed by atoms with Crippen LogP contribution in [0.4, 0.5) is 4.79 Å². The first-order chi connectivity index (χ1) is 20.6. The van der Waals surface area contributed by atoms with Gasteiger partial charge in [-0.05, 0) is 104 Å². The van der Waals surface area contributed by atoms with Gasteiger partial charge in [0.1, 0.15) is 5.60 Å². The molecule has 1 heterocycles. The third-order valence-corrected chi connectivity index (χ3v) is 10.7. The van der Waals surface area contributed by atoms with Gasteiger partial charge in [0, 0.05) is 18.5 Å². The van der Waals surface area contributed by atoms with E-state index in [0.29, 0.717) is 24.0 Å². The molecule has 1 fully saturated rings. The topological polar surface area (TPSA) is 57.2 Å². The number of ether oxygens (including phenoxy) is 2. The highest BCUT2D eigenvalue weighted by molar-refractivity contribution is 8.22. The van der Waals surface area contributed by atoms with Crippen molar-refractivity contribution in [2.75, 3.05) is 12.8 Å². The molecule has 10 heteroatoms. The Balaban J connectivity index is 2.51. The predicted octanol–water partition coefficient (Wildman–Crippen LogP) is 9.88. The minimum Gasteiger partial charge on any atom is -0.465 e. The smallest absolute Gasteiger partial charge is 0.412 e. The Morgan fingerprint density at radius 1 is 1.02 bits per heavy atom. The minimum absolute atomic E-state index is 0.101. The Bertz CT molecular complexity index is 1360. The van der Waals surface area contributed by atoms with Gasteiger partial charge in [0.25, 0.3) is 0 Å². The average Bonchev–Trinajstić information content (AvgIpc) is 3.28. The molecule has 2 aromatic carbocycles. The first-order valence-electron chi connectivity index (χ1n) is 15.8. The van der Waals surface area contributed by atoms with Crippen molar-refractivity contribution in [1.29, 1.82) is 0 Å². The molecule has 2 aromatic rings. The molecule has 1 aliphatic rings. The Labute approximate surface area is 285 Å². The van der Waals surface area contributed by atoms with Crippen molar-refractivity contribution in [3.05, 3.63) is 47.0 Å². The maximum atomic E-state index is 14.3. The zero-order chi connectivity index (χ0) is 34.1. The monoisotopic (exact) mass is 689 g/mol. The summed E-state index contributed by atoms with van der Waals surface area (Å²) >= 11 is 7.20. The number of thiocarbonyl (C=S) groups is 1. The molecule has 6 nitrogen and oxygen atoms in total. The summed E-state index contributed by atoms with van der Waals surface area (Å²) < 4.78 is 27.0. The van der Waals surface area contributed by atoms with Gasteiger partial charge < -0.3 is 18.3 Å². The molecule has 0 bridgehead atoms. The average molecular weight is 690 g/mol. The van der Waals surface area contributed by atoms with Crippen LogP contribution in [0.15, 0.2) is 30.3 Å². The molecule has 0 saturated carbocycles. The zero-order valence-corrected chi connectivity index (χ0v) is 33.6. The van der Waals surface area contributed by atoms with Gasteiger partial charge in [-0.2, -0.15) is 0 Å². The van der Waals surface area contributed by atoms with Crippen molar-refractivity contribution >= 4 is 63.3 Å².